The molecular formula is C23H23NO7. The Morgan fingerprint density at radius 1 is 1.10 bits per heavy atom. The van der Waals surface area contributed by atoms with Crippen LogP contribution in [0.15, 0.2) is 54.6 Å². The first-order valence-corrected chi connectivity index (χ1v) is 9.82. The van der Waals surface area contributed by atoms with Gasteiger partial charge in [0.05, 0.1) is 0 Å². The van der Waals surface area contributed by atoms with Gasteiger partial charge < -0.3 is 29.2 Å². The second-order valence-electron chi connectivity index (χ2n) is 7.02. The summed E-state index contributed by atoms with van der Waals surface area (Å²) in [7, 11) is 1.50. The van der Waals surface area contributed by atoms with Crippen molar-refractivity contribution in [3.63, 3.8) is 0 Å². The monoisotopic (exact) mass is 425 g/mol. The van der Waals surface area contributed by atoms with E-state index in [9.17, 15) is 15.0 Å². The van der Waals surface area contributed by atoms with Crippen LogP contribution in [0.3, 0.4) is 0 Å². The number of fused-ring (bicyclic) bond motifs is 2. The molecule has 2 atom stereocenters. The number of hydrogen-bond donors (Lipinski definition) is 3. The van der Waals surface area contributed by atoms with Gasteiger partial charge in [0, 0.05) is 42.8 Å². The van der Waals surface area contributed by atoms with E-state index in [1.807, 2.05) is 18.2 Å². The van der Waals surface area contributed by atoms with E-state index >= 15 is 0 Å². The summed E-state index contributed by atoms with van der Waals surface area (Å²) in [5.41, 5.74) is 1.15. The van der Waals surface area contributed by atoms with Gasteiger partial charge in [0.2, 0.25) is 6.79 Å². The maximum Gasteiger partial charge on any atom is 0.412 e. The van der Waals surface area contributed by atoms with Crippen LogP contribution in [0, 0.1) is 0 Å². The second-order valence-corrected chi connectivity index (χ2v) is 7.02. The molecule has 0 fully saturated rings. The molecule has 0 spiro atoms. The van der Waals surface area contributed by atoms with E-state index in [0.29, 0.717) is 28.1 Å². The zero-order chi connectivity index (χ0) is 21.8. The van der Waals surface area contributed by atoms with Crippen LogP contribution in [-0.2, 0) is 9.47 Å². The van der Waals surface area contributed by atoms with Crippen molar-refractivity contribution in [2.75, 3.05) is 25.8 Å². The number of aliphatic hydroxyl groups is 1. The molecule has 31 heavy (non-hydrogen) atoms. The first-order chi connectivity index (χ1) is 15.1. The molecule has 0 unspecified atom stereocenters. The summed E-state index contributed by atoms with van der Waals surface area (Å²) in [6, 6.07) is 15.5. The van der Waals surface area contributed by atoms with E-state index in [0.717, 1.165) is 5.39 Å². The van der Waals surface area contributed by atoms with Crippen molar-refractivity contribution >= 4 is 22.6 Å². The Balaban J connectivity index is 1.63. The van der Waals surface area contributed by atoms with Crippen molar-refractivity contribution < 1.29 is 34.0 Å². The number of methoxy groups -OCH3 is 1. The van der Waals surface area contributed by atoms with Gasteiger partial charge in [-0.15, -0.1) is 0 Å². The molecule has 0 aliphatic carbocycles. The maximum atomic E-state index is 12.8. The fraction of sp³-hybridized carbons (Fsp3) is 0.261. The highest BCUT2D eigenvalue weighted by Crippen LogP contribution is 2.37. The molecule has 3 aromatic rings. The number of aliphatic hydroxyl groups excluding tert-OH is 1. The van der Waals surface area contributed by atoms with Gasteiger partial charge in [-0.1, -0.05) is 30.3 Å². The molecule has 1 amide bonds. The summed E-state index contributed by atoms with van der Waals surface area (Å²) in [6.45, 7) is -0.00588. The second kappa shape index (κ2) is 9.11. The standard InChI is InChI=1S/C23H23NO7/c1-28-20(10-11-25)22(17-7-8-18(26)16-5-3-2-4-15(16)17)31-23(27)24-14-6-9-19-21(12-14)30-13-29-19/h2-9,12,20,22,25-26H,10-11,13H2,1H3,(H,24,27)/t20-,22-/m0/s1. The van der Waals surface area contributed by atoms with Gasteiger partial charge in [0.1, 0.15) is 11.9 Å². The number of ether oxygens (including phenoxy) is 4. The molecule has 0 saturated heterocycles. The van der Waals surface area contributed by atoms with Crippen molar-refractivity contribution in [3.05, 3.63) is 60.2 Å². The minimum absolute atomic E-state index is 0.124. The van der Waals surface area contributed by atoms with Crippen molar-refractivity contribution in [3.8, 4) is 17.2 Å². The van der Waals surface area contributed by atoms with Gasteiger partial charge in [0.25, 0.3) is 0 Å². The summed E-state index contributed by atoms with van der Waals surface area (Å²) in [5, 5.41) is 23.7. The molecular weight excluding hydrogens is 402 g/mol. The van der Waals surface area contributed by atoms with E-state index in [1.54, 1.807) is 36.4 Å². The summed E-state index contributed by atoms with van der Waals surface area (Å²) >= 11 is 0. The van der Waals surface area contributed by atoms with E-state index in [1.165, 1.54) is 7.11 Å². The zero-order valence-corrected chi connectivity index (χ0v) is 16.9. The van der Waals surface area contributed by atoms with Crippen LogP contribution in [0.1, 0.15) is 18.1 Å². The molecule has 1 aliphatic heterocycles. The normalized spacial score (nSPS) is 14.3. The lowest BCUT2D eigenvalue weighted by Gasteiger charge is -2.27. The number of anilines is 1. The van der Waals surface area contributed by atoms with Crippen LogP contribution < -0.4 is 14.8 Å². The van der Waals surface area contributed by atoms with E-state index in [4.69, 9.17) is 18.9 Å². The van der Waals surface area contributed by atoms with E-state index < -0.39 is 18.3 Å². The highest BCUT2D eigenvalue weighted by molar-refractivity contribution is 5.91. The van der Waals surface area contributed by atoms with Crippen molar-refractivity contribution in [2.24, 2.45) is 0 Å². The van der Waals surface area contributed by atoms with Gasteiger partial charge in [-0.2, -0.15) is 0 Å². The summed E-state index contributed by atoms with van der Waals surface area (Å²) in [5.74, 6) is 1.27. The molecule has 0 saturated carbocycles. The fourth-order valence-corrected chi connectivity index (χ4v) is 3.65. The third kappa shape index (κ3) is 4.35. The topological polar surface area (TPSA) is 106 Å². The van der Waals surface area contributed by atoms with Gasteiger partial charge in [0.15, 0.2) is 17.6 Å². The smallest absolute Gasteiger partial charge is 0.412 e. The third-order valence-electron chi connectivity index (χ3n) is 5.15. The number of phenols is 1. The highest BCUT2D eigenvalue weighted by Gasteiger charge is 2.29. The number of nitrogens with one attached hydrogen (secondary N) is 1. The number of aromatic hydroxyl groups is 1. The Hall–Kier alpha value is -3.49. The average Bonchev–Trinajstić information content (AvgIpc) is 3.25. The highest BCUT2D eigenvalue weighted by atomic mass is 16.7. The lowest BCUT2D eigenvalue weighted by Crippen LogP contribution is -2.29. The van der Waals surface area contributed by atoms with E-state index in [-0.39, 0.29) is 25.6 Å². The van der Waals surface area contributed by atoms with Gasteiger partial charge in [-0.25, -0.2) is 4.79 Å². The van der Waals surface area contributed by atoms with Gasteiger partial charge in [-0.3, -0.25) is 5.32 Å². The lowest BCUT2D eigenvalue weighted by molar-refractivity contribution is -0.0299. The molecule has 0 radical (unpaired) electrons. The number of hydrogen-bond acceptors (Lipinski definition) is 7. The van der Waals surface area contributed by atoms with Crippen LogP contribution in [0.5, 0.6) is 17.2 Å². The number of carbonyl (C=O) groups excluding carboxylic acids is 1. The third-order valence-corrected chi connectivity index (χ3v) is 5.15. The van der Waals surface area contributed by atoms with Crippen molar-refractivity contribution in [1.29, 1.82) is 0 Å². The van der Waals surface area contributed by atoms with E-state index in [2.05, 4.69) is 5.32 Å². The number of amides is 1. The predicted molar refractivity (Wildman–Crippen MR) is 114 cm³/mol. The number of rotatable bonds is 7. The molecule has 0 aromatic heterocycles. The maximum absolute atomic E-state index is 12.8. The average molecular weight is 425 g/mol. The minimum Gasteiger partial charge on any atom is -0.507 e. The van der Waals surface area contributed by atoms with Crippen LogP contribution in [0.4, 0.5) is 10.5 Å². The lowest BCUT2D eigenvalue weighted by atomic mass is 9.95. The number of benzene rings is 3. The molecule has 3 aromatic carbocycles. The molecule has 1 heterocycles. The minimum atomic E-state index is -0.823. The Morgan fingerprint density at radius 2 is 1.87 bits per heavy atom. The van der Waals surface area contributed by atoms with Crippen LogP contribution >= 0.6 is 0 Å². The number of carbonyl (C=O) groups is 1. The Labute approximate surface area is 178 Å². The van der Waals surface area contributed by atoms with Crippen molar-refractivity contribution in [2.45, 2.75) is 18.6 Å². The summed E-state index contributed by atoms with van der Waals surface area (Å²) < 4.78 is 21.9. The van der Waals surface area contributed by atoms with Crippen LogP contribution in [-0.4, -0.2) is 42.9 Å². The molecule has 8 nitrogen and oxygen atoms in total. The largest absolute Gasteiger partial charge is 0.507 e. The Kier molecular flexibility index (Phi) is 6.11. The zero-order valence-electron chi connectivity index (χ0n) is 16.9. The molecule has 4 rings (SSSR count). The first kappa shape index (κ1) is 20.8. The molecule has 0 bridgehead atoms. The van der Waals surface area contributed by atoms with Crippen LogP contribution in [0.2, 0.25) is 0 Å². The summed E-state index contributed by atoms with van der Waals surface area (Å²) in [6.07, 6.45) is -1.86. The van der Waals surface area contributed by atoms with Crippen molar-refractivity contribution in [1.82, 2.24) is 0 Å². The van der Waals surface area contributed by atoms with Crippen LogP contribution in [0.25, 0.3) is 10.8 Å². The molecule has 162 valence electrons. The molecule has 8 heteroatoms. The number of phenolic OH excluding ortho intramolecular Hbond substituents is 1. The van der Waals surface area contributed by atoms with Gasteiger partial charge >= 0.3 is 6.09 Å². The predicted octanol–water partition coefficient (Wildman–Crippen LogP) is 3.96. The SMILES string of the molecule is CO[C@@H](CCO)[C@@H](OC(=O)Nc1ccc2c(c1)OCO2)c1ccc(O)c2ccccc12. The Bertz CT molecular complexity index is 1080. The molecule has 1 aliphatic rings. The summed E-state index contributed by atoms with van der Waals surface area (Å²) in [4.78, 5) is 12.8. The fourth-order valence-electron chi connectivity index (χ4n) is 3.65. The van der Waals surface area contributed by atoms with Gasteiger partial charge in [-0.05, 0) is 23.6 Å². The quantitative estimate of drug-likeness (QED) is 0.526. The Morgan fingerprint density at radius 3 is 2.65 bits per heavy atom. The first-order valence-electron chi connectivity index (χ1n) is 9.82. The molecule has 3 N–H and O–H groups in total.